The average molecular weight is 712 g/mol. The van der Waals surface area contributed by atoms with Crippen molar-refractivity contribution in [3.63, 3.8) is 0 Å². The Morgan fingerprint density at radius 1 is 0.745 bits per heavy atom. The Hall–Kier alpha value is -4.65. The number of benzene rings is 3. The molecule has 1 aromatic heterocycles. The number of esters is 1. The number of carbonyl (C=O) groups excluding carboxylic acids is 1. The summed E-state index contributed by atoms with van der Waals surface area (Å²) in [5.74, 6) is -3.70. The summed E-state index contributed by atoms with van der Waals surface area (Å²) in [5.41, 5.74) is -0.0589. The molecule has 0 spiro atoms. The lowest BCUT2D eigenvalue weighted by atomic mass is 10.1. The second-order valence-corrected chi connectivity index (χ2v) is 13.2. The third-order valence-electron chi connectivity index (χ3n) is 6.36. The van der Waals surface area contributed by atoms with Gasteiger partial charge < -0.3 is 23.7 Å². The van der Waals surface area contributed by atoms with Crippen molar-refractivity contribution in [2.45, 2.75) is 35.4 Å². The van der Waals surface area contributed by atoms with E-state index in [0.29, 0.717) is 3.97 Å². The van der Waals surface area contributed by atoms with Gasteiger partial charge in [-0.15, -0.1) is 26.3 Å². The average Bonchev–Trinajstić information content (AvgIpc) is 3.30. The zero-order chi connectivity index (χ0) is 34.8. The molecular weight excluding hydrogens is 688 g/mol. The Kier molecular flexibility index (Phi) is 9.91. The molecule has 19 heteroatoms. The lowest BCUT2D eigenvalue weighted by Crippen LogP contribution is -2.20. The summed E-state index contributed by atoms with van der Waals surface area (Å²) in [6, 6.07) is 10.4. The lowest BCUT2D eigenvalue weighted by Gasteiger charge is -2.15. The van der Waals surface area contributed by atoms with E-state index in [4.69, 9.17) is 9.47 Å². The van der Waals surface area contributed by atoms with Crippen LogP contribution >= 0.6 is 0 Å². The number of carbonyl (C=O) groups is 1. The highest BCUT2D eigenvalue weighted by Crippen LogP contribution is 2.39. The predicted molar refractivity (Wildman–Crippen MR) is 150 cm³/mol. The molecule has 0 N–H and O–H groups in total. The first-order chi connectivity index (χ1) is 21.8. The highest BCUT2D eigenvalue weighted by atomic mass is 32.2. The van der Waals surface area contributed by atoms with Crippen LogP contribution in [0.4, 0.5) is 26.3 Å². The van der Waals surface area contributed by atoms with Gasteiger partial charge in [0.15, 0.2) is 5.94 Å². The maximum atomic E-state index is 14.0. The number of sulfone groups is 1. The van der Waals surface area contributed by atoms with Crippen LogP contribution in [0.3, 0.4) is 0 Å². The van der Waals surface area contributed by atoms with Crippen LogP contribution in [0.2, 0.25) is 0 Å². The molecule has 1 heterocycles. The Balaban J connectivity index is 1.84. The van der Waals surface area contributed by atoms with Crippen LogP contribution in [0.25, 0.3) is 10.9 Å². The van der Waals surface area contributed by atoms with E-state index < -0.39 is 71.7 Å². The second kappa shape index (κ2) is 13.2. The summed E-state index contributed by atoms with van der Waals surface area (Å²) in [5, 5.41) is 0.148. The molecule has 0 saturated carbocycles. The van der Waals surface area contributed by atoms with Crippen molar-refractivity contribution in [2.75, 3.05) is 20.2 Å². The number of rotatable bonds is 12. The molecule has 0 fully saturated rings. The molecule has 4 rings (SSSR count). The third kappa shape index (κ3) is 8.39. The van der Waals surface area contributed by atoms with Gasteiger partial charge in [-0.05, 0) is 73.2 Å². The summed E-state index contributed by atoms with van der Waals surface area (Å²) in [4.78, 5) is 11.0. The van der Waals surface area contributed by atoms with Crippen LogP contribution in [-0.2, 0) is 35.8 Å². The predicted octanol–water partition coefficient (Wildman–Crippen LogP) is 5.60. The summed E-state index contributed by atoms with van der Waals surface area (Å²) in [6.45, 7) is 0. The Bertz CT molecular complexity index is 1970. The molecule has 0 atom stereocenters. The van der Waals surface area contributed by atoms with Crippen LogP contribution < -0.4 is 18.9 Å². The maximum absolute atomic E-state index is 14.0. The number of aromatic nitrogens is 1. The highest BCUT2D eigenvalue weighted by Gasteiger charge is 2.34. The van der Waals surface area contributed by atoms with Crippen LogP contribution in [0.1, 0.15) is 12.0 Å². The number of alkyl halides is 6. The number of fused-ring (bicyclic) bond motifs is 1. The second-order valence-electron chi connectivity index (χ2n) is 9.43. The normalized spacial score (nSPS) is 12.5. The Morgan fingerprint density at radius 2 is 1.26 bits per heavy atom. The van der Waals surface area contributed by atoms with Crippen molar-refractivity contribution < 1.29 is 71.7 Å². The lowest BCUT2D eigenvalue weighted by molar-refractivity contribution is -0.275. The first kappa shape index (κ1) is 35.2. The van der Waals surface area contributed by atoms with E-state index in [1.165, 1.54) is 25.3 Å². The smallest absolute Gasteiger partial charge is 0.497 e. The van der Waals surface area contributed by atoms with Crippen molar-refractivity contribution in [1.82, 2.24) is 3.97 Å². The van der Waals surface area contributed by atoms with Gasteiger partial charge in [-0.3, -0.25) is 4.79 Å². The van der Waals surface area contributed by atoms with Gasteiger partial charge >= 0.3 is 18.7 Å². The minimum Gasteiger partial charge on any atom is -0.497 e. The van der Waals surface area contributed by atoms with Crippen LogP contribution in [0, 0.1) is 0 Å². The van der Waals surface area contributed by atoms with Gasteiger partial charge in [0, 0.05) is 17.4 Å². The molecule has 0 amide bonds. The molecule has 4 aromatic rings. The molecule has 3 aromatic carbocycles. The van der Waals surface area contributed by atoms with Gasteiger partial charge in [-0.25, -0.2) is 20.8 Å². The Labute approximate surface area is 263 Å². The molecule has 0 aliphatic carbocycles. The van der Waals surface area contributed by atoms with E-state index in [9.17, 15) is 48.0 Å². The molecule has 47 heavy (non-hydrogen) atoms. The third-order valence-corrected chi connectivity index (χ3v) is 9.49. The van der Waals surface area contributed by atoms with Gasteiger partial charge in [-0.1, -0.05) is 0 Å². The molecule has 0 aliphatic heterocycles. The number of methoxy groups -OCH3 is 2. The monoisotopic (exact) mass is 711 g/mol. The molecular formula is C28H23F6NO10S2. The van der Waals surface area contributed by atoms with Gasteiger partial charge in [-0.2, -0.15) is 0 Å². The van der Waals surface area contributed by atoms with E-state index in [2.05, 4.69) is 14.2 Å². The van der Waals surface area contributed by atoms with Crippen LogP contribution in [-0.4, -0.2) is 59.7 Å². The summed E-state index contributed by atoms with van der Waals surface area (Å²) < 4.78 is 154. The van der Waals surface area contributed by atoms with Crippen molar-refractivity contribution in [1.29, 1.82) is 0 Å². The van der Waals surface area contributed by atoms with Crippen LogP contribution in [0.5, 0.6) is 23.1 Å². The number of hydrogen-bond donors (Lipinski definition) is 0. The molecule has 0 radical (unpaired) electrons. The minimum atomic E-state index is -5.05. The number of halogens is 6. The van der Waals surface area contributed by atoms with Crippen LogP contribution in [0.15, 0.2) is 76.5 Å². The van der Waals surface area contributed by atoms with Crippen molar-refractivity contribution in [3.8, 4) is 23.1 Å². The zero-order valence-electron chi connectivity index (χ0n) is 24.1. The molecule has 11 nitrogen and oxygen atoms in total. The summed E-state index contributed by atoms with van der Waals surface area (Å²) >= 11 is 0. The number of nitrogens with zero attached hydrogens (tertiary/aromatic N) is 1. The molecule has 254 valence electrons. The standard InChI is InChI=1S/C28H23F6NO10S2/c1-41-19-7-13-24-23(15-19)22(12-14-25(36)42-2)26(35(24)47(39,40)21-10-5-18(6-11-21)45-28(32,33)34)43-16-46(37,38)20-8-3-17(4-9-20)44-27(29,30)31/h3-11,13,15H,12,14,16H2,1-2H3. The first-order valence-electron chi connectivity index (χ1n) is 13.0. The van der Waals surface area contributed by atoms with E-state index in [0.717, 1.165) is 55.6 Å². The van der Waals surface area contributed by atoms with E-state index in [1.54, 1.807) is 0 Å². The minimum absolute atomic E-state index is 0.0222. The molecule has 0 aliphatic rings. The van der Waals surface area contributed by atoms with Crippen molar-refractivity contribution in [2.24, 2.45) is 0 Å². The fourth-order valence-corrected chi connectivity index (χ4v) is 6.78. The zero-order valence-corrected chi connectivity index (χ0v) is 25.7. The fraction of sp³-hybridized carbons (Fsp3) is 0.250. The number of ether oxygens (including phenoxy) is 5. The topological polar surface area (TPSA) is 136 Å². The van der Waals surface area contributed by atoms with Crippen molar-refractivity contribution in [3.05, 3.63) is 72.3 Å². The molecule has 0 unspecified atom stereocenters. The Morgan fingerprint density at radius 3 is 1.74 bits per heavy atom. The van der Waals surface area contributed by atoms with Gasteiger partial charge in [0.25, 0.3) is 10.0 Å². The largest absolute Gasteiger partial charge is 0.573 e. The van der Waals surface area contributed by atoms with Gasteiger partial charge in [0.2, 0.25) is 15.7 Å². The summed E-state index contributed by atoms with van der Waals surface area (Å²) in [7, 11) is -6.82. The van der Waals surface area contributed by atoms with Gasteiger partial charge in [0.1, 0.15) is 17.2 Å². The molecule has 0 saturated heterocycles. The SMILES string of the molecule is COC(=O)CCc1c(OCS(=O)(=O)c2ccc(OC(F)(F)F)cc2)n(S(=O)(=O)c2ccc(OC(F)(F)F)cc2)c2ccc(OC)cc12. The summed E-state index contributed by atoms with van der Waals surface area (Å²) in [6.07, 6.45) is -10.6. The van der Waals surface area contributed by atoms with Crippen molar-refractivity contribution >= 4 is 36.7 Å². The van der Waals surface area contributed by atoms with Gasteiger partial charge in [0.05, 0.1) is 29.5 Å². The maximum Gasteiger partial charge on any atom is 0.573 e. The fourth-order valence-electron chi connectivity index (χ4n) is 4.33. The number of hydrogen-bond acceptors (Lipinski definition) is 10. The highest BCUT2D eigenvalue weighted by molar-refractivity contribution is 7.91. The van der Waals surface area contributed by atoms with E-state index in [-0.39, 0.29) is 35.1 Å². The van der Waals surface area contributed by atoms with E-state index in [1.807, 2.05) is 0 Å². The number of aryl methyl sites for hydroxylation is 1. The quantitative estimate of drug-likeness (QED) is 0.135. The first-order valence-corrected chi connectivity index (χ1v) is 16.0. The van der Waals surface area contributed by atoms with E-state index >= 15 is 0 Å². The molecule has 0 bridgehead atoms.